The molecule has 0 aliphatic carbocycles. The molecule has 2 fully saturated rings. The van der Waals surface area contributed by atoms with Crippen molar-refractivity contribution in [3.05, 3.63) is 48.3 Å². The molecule has 1 aromatic carbocycles. The predicted octanol–water partition coefficient (Wildman–Crippen LogP) is 2.21. The summed E-state index contributed by atoms with van der Waals surface area (Å²) in [7, 11) is -0.690. The Bertz CT molecular complexity index is 1010. The van der Waals surface area contributed by atoms with Crippen LogP contribution in [0.1, 0.15) is 36.0 Å². The second kappa shape index (κ2) is 8.23. The number of methoxy groups -OCH3 is 2. The summed E-state index contributed by atoms with van der Waals surface area (Å²) in [5.74, 6) is 0.709. The summed E-state index contributed by atoms with van der Waals surface area (Å²) < 4.78 is 38.9. The lowest BCUT2D eigenvalue weighted by Gasteiger charge is -2.38. The van der Waals surface area contributed by atoms with Crippen LogP contribution >= 0.6 is 0 Å². The van der Waals surface area contributed by atoms with Crippen LogP contribution < -0.4 is 14.8 Å². The maximum atomic E-state index is 13.4. The lowest BCUT2D eigenvalue weighted by molar-refractivity contribution is 0.0909. The van der Waals surface area contributed by atoms with Gasteiger partial charge in [0, 0.05) is 42.1 Å². The Morgan fingerprint density at radius 1 is 1.03 bits per heavy atom. The Balaban J connectivity index is 1.51. The molecular formula is C21H25N3O5S. The van der Waals surface area contributed by atoms with E-state index in [0.717, 1.165) is 12.8 Å². The highest BCUT2D eigenvalue weighted by molar-refractivity contribution is 7.89. The summed E-state index contributed by atoms with van der Waals surface area (Å²) in [5.41, 5.74) is 0.553. The molecule has 0 radical (unpaired) electrons. The fraction of sp³-hybridized carbons (Fsp3) is 0.429. The van der Waals surface area contributed by atoms with Gasteiger partial charge >= 0.3 is 0 Å². The van der Waals surface area contributed by atoms with Crippen LogP contribution in [-0.4, -0.2) is 56.0 Å². The van der Waals surface area contributed by atoms with Crippen molar-refractivity contribution in [2.24, 2.45) is 0 Å². The minimum atomic E-state index is -3.68. The van der Waals surface area contributed by atoms with Gasteiger partial charge in [0.05, 0.1) is 19.1 Å². The van der Waals surface area contributed by atoms with E-state index >= 15 is 0 Å². The van der Waals surface area contributed by atoms with E-state index in [1.165, 1.54) is 20.3 Å². The van der Waals surface area contributed by atoms with Gasteiger partial charge in [0.15, 0.2) is 11.5 Å². The van der Waals surface area contributed by atoms with Crippen LogP contribution in [0.5, 0.6) is 11.5 Å². The number of fused-ring (bicyclic) bond motifs is 2. The third kappa shape index (κ3) is 3.75. The van der Waals surface area contributed by atoms with Gasteiger partial charge in [-0.2, -0.15) is 4.31 Å². The number of sulfonamides is 1. The molecule has 1 N–H and O–H groups in total. The van der Waals surface area contributed by atoms with Crippen molar-refractivity contribution in [3.63, 3.8) is 0 Å². The average Bonchev–Trinajstić information content (AvgIpc) is 3.05. The summed E-state index contributed by atoms with van der Waals surface area (Å²) in [4.78, 5) is 16.6. The number of pyridine rings is 1. The number of benzene rings is 1. The molecule has 3 atom stereocenters. The van der Waals surface area contributed by atoms with Crippen molar-refractivity contribution >= 4 is 15.9 Å². The van der Waals surface area contributed by atoms with Crippen molar-refractivity contribution in [1.82, 2.24) is 14.6 Å². The molecule has 1 amide bonds. The van der Waals surface area contributed by atoms with Gasteiger partial charge in [-0.15, -0.1) is 0 Å². The summed E-state index contributed by atoms with van der Waals surface area (Å²) in [6.07, 6.45) is 5.94. The van der Waals surface area contributed by atoms with Gasteiger partial charge in [-0.05, 0) is 49.9 Å². The van der Waals surface area contributed by atoms with Crippen molar-refractivity contribution < 1.29 is 22.7 Å². The van der Waals surface area contributed by atoms with Crippen LogP contribution in [0.25, 0.3) is 0 Å². The van der Waals surface area contributed by atoms with Crippen molar-refractivity contribution in [1.29, 1.82) is 0 Å². The first-order valence-corrected chi connectivity index (χ1v) is 11.3. The first-order valence-electron chi connectivity index (χ1n) is 9.90. The fourth-order valence-electron chi connectivity index (χ4n) is 4.52. The minimum Gasteiger partial charge on any atom is -0.493 e. The Labute approximate surface area is 176 Å². The Hall–Kier alpha value is -2.65. The van der Waals surface area contributed by atoms with Crippen molar-refractivity contribution in [2.75, 3.05) is 14.2 Å². The zero-order chi connectivity index (χ0) is 21.3. The molecule has 9 heteroatoms. The second-order valence-corrected chi connectivity index (χ2v) is 9.46. The van der Waals surface area contributed by atoms with Crippen molar-refractivity contribution in [3.8, 4) is 11.5 Å². The zero-order valence-corrected chi connectivity index (χ0v) is 17.8. The predicted molar refractivity (Wildman–Crippen MR) is 110 cm³/mol. The maximum Gasteiger partial charge on any atom is 0.251 e. The largest absolute Gasteiger partial charge is 0.493 e. The molecule has 2 aromatic rings. The van der Waals surface area contributed by atoms with Crippen LogP contribution in [-0.2, 0) is 10.0 Å². The first-order chi connectivity index (χ1) is 14.4. The molecule has 160 valence electrons. The number of nitrogens with zero attached hydrogens (tertiary/aromatic N) is 2. The number of amides is 1. The lowest BCUT2D eigenvalue weighted by Crippen LogP contribution is -2.52. The summed E-state index contributed by atoms with van der Waals surface area (Å²) in [5, 5.41) is 3.06. The number of aromatic nitrogens is 1. The number of nitrogens with one attached hydrogen (secondary N) is 1. The number of piperidine rings is 1. The molecule has 2 bridgehead atoms. The molecule has 4 rings (SSSR count). The standard InChI is InChI=1S/C21H25N3O5S/c1-28-19-6-5-18(13-20(19)29-2)30(26,27)24-16-3-4-17(24)12-15(11-16)23-21(25)14-7-9-22-10-8-14/h5-10,13,15-17H,3-4,11-12H2,1-2H3,(H,23,25)/t15?,16-,17+. The number of carbonyl (C=O) groups is 1. The molecule has 3 heterocycles. The lowest BCUT2D eigenvalue weighted by atomic mass is 9.99. The van der Waals surface area contributed by atoms with E-state index in [4.69, 9.17) is 9.47 Å². The van der Waals surface area contributed by atoms with Gasteiger partial charge < -0.3 is 14.8 Å². The quantitative estimate of drug-likeness (QED) is 0.753. The number of hydrogen-bond donors (Lipinski definition) is 1. The van der Waals surface area contributed by atoms with Gasteiger partial charge in [-0.25, -0.2) is 8.42 Å². The SMILES string of the molecule is COc1ccc(S(=O)(=O)N2[C@@H]3CC[C@H]2CC(NC(=O)c2ccncc2)C3)cc1OC. The van der Waals surface area contributed by atoms with E-state index in [1.807, 2.05) is 0 Å². The maximum absolute atomic E-state index is 13.4. The molecule has 1 aromatic heterocycles. The number of hydrogen-bond acceptors (Lipinski definition) is 6. The smallest absolute Gasteiger partial charge is 0.251 e. The van der Waals surface area contributed by atoms with E-state index in [0.29, 0.717) is 29.9 Å². The molecule has 0 spiro atoms. The third-order valence-corrected chi connectivity index (χ3v) is 7.88. The zero-order valence-electron chi connectivity index (χ0n) is 16.9. The summed E-state index contributed by atoms with van der Waals surface area (Å²) in [6.45, 7) is 0. The van der Waals surface area contributed by atoms with E-state index in [-0.39, 0.29) is 28.9 Å². The molecule has 30 heavy (non-hydrogen) atoms. The topological polar surface area (TPSA) is 97.8 Å². The minimum absolute atomic E-state index is 0.0555. The molecule has 8 nitrogen and oxygen atoms in total. The van der Waals surface area contributed by atoms with Gasteiger partial charge in [-0.1, -0.05) is 0 Å². The Morgan fingerprint density at radius 3 is 2.27 bits per heavy atom. The van der Waals surface area contributed by atoms with E-state index in [2.05, 4.69) is 10.3 Å². The normalized spacial score (nSPS) is 23.7. The highest BCUT2D eigenvalue weighted by Crippen LogP contribution is 2.41. The van der Waals surface area contributed by atoms with Gasteiger partial charge in [-0.3, -0.25) is 9.78 Å². The molecule has 1 unspecified atom stereocenters. The third-order valence-electron chi connectivity index (χ3n) is 5.87. The summed E-state index contributed by atoms with van der Waals surface area (Å²) in [6, 6.07) is 7.67. The highest BCUT2D eigenvalue weighted by atomic mass is 32.2. The second-order valence-electron chi connectivity index (χ2n) is 7.61. The highest BCUT2D eigenvalue weighted by Gasteiger charge is 2.47. The van der Waals surface area contributed by atoms with Crippen LogP contribution in [0.3, 0.4) is 0 Å². The molecule has 2 aliphatic rings. The van der Waals surface area contributed by atoms with E-state index in [1.54, 1.807) is 41.0 Å². The van der Waals surface area contributed by atoms with Gasteiger partial charge in [0.2, 0.25) is 10.0 Å². The fourth-order valence-corrected chi connectivity index (χ4v) is 6.42. The van der Waals surface area contributed by atoms with E-state index in [9.17, 15) is 13.2 Å². The Kier molecular flexibility index (Phi) is 5.66. The van der Waals surface area contributed by atoms with Crippen LogP contribution in [0, 0.1) is 0 Å². The Morgan fingerprint density at radius 2 is 1.67 bits per heavy atom. The molecular weight excluding hydrogens is 406 g/mol. The molecule has 2 saturated heterocycles. The van der Waals surface area contributed by atoms with Gasteiger partial charge in [0.1, 0.15) is 0 Å². The molecule has 2 aliphatic heterocycles. The van der Waals surface area contributed by atoms with Crippen LogP contribution in [0.4, 0.5) is 0 Å². The monoisotopic (exact) mass is 431 g/mol. The first kappa shape index (κ1) is 20.6. The van der Waals surface area contributed by atoms with Gasteiger partial charge in [0.25, 0.3) is 5.91 Å². The van der Waals surface area contributed by atoms with Crippen molar-refractivity contribution in [2.45, 2.75) is 48.7 Å². The number of rotatable bonds is 6. The van der Waals surface area contributed by atoms with Crippen LogP contribution in [0.15, 0.2) is 47.6 Å². The van der Waals surface area contributed by atoms with E-state index < -0.39 is 10.0 Å². The number of ether oxygens (including phenoxy) is 2. The summed E-state index contributed by atoms with van der Waals surface area (Å²) >= 11 is 0. The molecule has 0 saturated carbocycles. The number of carbonyl (C=O) groups excluding carboxylic acids is 1. The van der Waals surface area contributed by atoms with Crippen LogP contribution in [0.2, 0.25) is 0 Å². The average molecular weight is 432 g/mol.